The molecule has 5 heteroatoms. The van der Waals surface area contributed by atoms with E-state index in [9.17, 15) is 8.42 Å². The van der Waals surface area contributed by atoms with E-state index in [1.165, 1.54) is 70.6 Å². The second kappa shape index (κ2) is 16.5. The van der Waals surface area contributed by atoms with Crippen LogP contribution in [0.15, 0.2) is 12.2 Å². The summed E-state index contributed by atoms with van der Waals surface area (Å²) in [5, 5.41) is 4.75. The smallest absolute Gasteiger partial charge is 0.258 e. The van der Waals surface area contributed by atoms with Gasteiger partial charge in [-0.15, -0.1) is 0 Å². The van der Waals surface area contributed by atoms with Crippen LogP contribution in [0.5, 0.6) is 0 Å². The van der Waals surface area contributed by atoms with E-state index in [-0.39, 0.29) is 6.61 Å². The van der Waals surface area contributed by atoms with Crippen LogP contribution in [0.25, 0.3) is 0 Å². The molecule has 0 spiro atoms. The topological polar surface area (TPSA) is 69.4 Å². The molecular weight excluding hydrogens is 310 g/mol. The molecule has 0 rings (SSSR count). The molecule has 23 heavy (non-hydrogen) atoms. The minimum absolute atomic E-state index is 0.208. The molecule has 2 N–H and O–H groups in total. The summed E-state index contributed by atoms with van der Waals surface area (Å²) < 4.78 is 25.6. The van der Waals surface area contributed by atoms with Gasteiger partial charge >= 0.3 is 10.3 Å². The lowest BCUT2D eigenvalue weighted by Crippen LogP contribution is -2.16. The van der Waals surface area contributed by atoms with Gasteiger partial charge in [0.25, 0.3) is 0 Å². The largest absolute Gasteiger partial charge is 0.333 e. The second-order valence-electron chi connectivity index (χ2n) is 6.25. The van der Waals surface area contributed by atoms with E-state index in [1.807, 2.05) is 0 Å². The molecule has 0 amide bonds. The van der Waals surface area contributed by atoms with E-state index in [1.54, 1.807) is 0 Å². The lowest BCUT2D eigenvalue weighted by atomic mass is 10.1. The summed E-state index contributed by atoms with van der Waals surface area (Å²) in [6, 6.07) is 0. The monoisotopic (exact) mass is 347 g/mol. The van der Waals surface area contributed by atoms with Crippen molar-refractivity contribution in [1.29, 1.82) is 0 Å². The maximum Gasteiger partial charge on any atom is 0.333 e. The van der Waals surface area contributed by atoms with E-state index in [2.05, 4.69) is 23.3 Å². The molecule has 0 aromatic rings. The third-order valence-corrected chi connectivity index (χ3v) is 4.40. The minimum atomic E-state index is -3.75. The zero-order valence-electron chi connectivity index (χ0n) is 15.0. The van der Waals surface area contributed by atoms with Gasteiger partial charge in [-0.2, -0.15) is 8.42 Å². The van der Waals surface area contributed by atoms with Gasteiger partial charge in [0, 0.05) is 0 Å². The van der Waals surface area contributed by atoms with Crippen LogP contribution in [0.4, 0.5) is 0 Å². The van der Waals surface area contributed by atoms with E-state index in [0.717, 1.165) is 19.3 Å². The van der Waals surface area contributed by atoms with Crippen LogP contribution in [0.2, 0.25) is 0 Å². The molecule has 0 aliphatic heterocycles. The number of hydrogen-bond donors (Lipinski definition) is 1. The number of allylic oxidation sites excluding steroid dienone is 2. The number of rotatable bonds is 17. The first-order valence-corrected chi connectivity index (χ1v) is 10.9. The lowest BCUT2D eigenvalue weighted by Gasteiger charge is -2.01. The van der Waals surface area contributed by atoms with Crippen LogP contribution in [0, 0.1) is 0 Å². The molecular formula is C18H37NO3S. The summed E-state index contributed by atoms with van der Waals surface area (Å²) >= 11 is 0. The molecule has 4 nitrogen and oxygen atoms in total. The Morgan fingerprint density at radius 1 is 0.739 bits per heavy atom. The van der Waals surface area contributed by atoms with Crippen molar-refractivity contribution in [2.75, 3.05) is 6.61 Å². The van der Waals surface area contributed by atoms with Gasteiger partial charge in [-0.3, -0.25) is 4.18 Å². The fraction of sp³-hybridized carbons (Fsp3) is 0.889. The minimum Gasteiger partial charge on any atom is -0.258 e. The standard InChI is InChI=1S/C18H37NO3S/c1-2-3-4-5-6-7-8-9-10-11-12-13-14-15-16-17-18-22-23(19,20)21/h9-10H,2-8,11-18H2,1H3,(H2,19,20,21). The van der Waals surface area contributed by atoms with Gasteiger partial charge in [0.05, 0.1) is 6.61 Å². The zero-order valence-corrected chi connectivity index (χ0v) is 15.8. The molecule has 0 saturated heterocycles. The molecule has 0 unspecified atom stereocenters. The van der Waals surface area contributed by atoms with Crippen LogP contribution < -0.4 is 5.14 Å². The van der Waals surface area contributed by atoms with Crippen LogP contribution in [-0.2, 0) is 14.5 Å². The van der Waals surface area contributed by atoms with E-state index < -0.39 is 10.3 Å². The van der Waals surface area contributed by atoms with E-state index in [4.69, 9.17) is 5.14 Å². The molecule has 0 aromatic heterocycles. The number of nitrogens with two attached hydrogens (primary N) is 1. The maximum atomic E-state index is 10.5. The molecule has 0 fully saturated rings. The van der Waals surface area contributed by atoms with E-state index >= 15 is 0 Å². The zero-order chi connectivity index (χ0) is 17.2. The van der Waals surface area contributed by atoms with Gasteiger partial charge in [0.2, 0.25) is 0 Å². The molecule has 0 aromatic carbocycles. The molecule has 0 atom stereocenters. The van der Waals surface area contributed by atoms with Crippen LogP contribution in [0.3, 0.4) is 0 Å². The molecule has 0 bridgehead atoms. The molecule has 138 valence electrons. The first-order chi connectivity index (χ1) is 11.1. The van der Waals surface area contributed by atoms with Gasteiger partial charge in [-0.25, -0.2) is 5.14 Å². The van der Waals surface area contributed by atoms with Gasteiger partial charge in [-0.05, 0) is 32.1 Å². The fourth-order valence-electron chi connectivity index (χ4n) is 2.52. The van der Waals surface area contributed by atoms with Crippen LogP contribution >= 0.6 is 0 Å². The summed E-state index contributed by atoms with van der Waals surface area (Å²) in [6.07, 6.45) is 21.9. The number of unbranched alkanes of at least 4 members (excludes halogenated alkanes) is 12. The highest BCUT2D eigenvalue weighted by Crippen LogP contribution is 2.10. The highest BCUT2D eigenvalue weighted by atomic mass is 32.2. The van der Waals surface area contributed by atoms with Gasteiger partial charge in [0.15, 0.2) is 0 Å². The lowest BCUT2D eigenvalue weighted by molar-refractivity contribution is 0.307. The Kier molecular flexibility index (Phi) is 16.2. The Morgan fingerprint density at radius 3 is 1.65 bits per heavy atom. The summed E-state index contributed by atoms with van der Waals surface area (Å²) in [5.41, 5.74) is 0. The van der Waals surface area contributed by atoms with Crippen molar-refractivity contribution in [3.63, 3.8) is 0 Å². The van der Waals surface area contributed by atoms with Crippen molar-refractivity contribution in [3.8, 4) is 0 Å². The second-order valence-corrected chi connectivity index (χ2v) is 7.47. The van der Waals surface area contributed by atoms with Gasteiger partial charge < -0.3 is 0 Å². The van der Waals surface area contributed by atoms with Crippen molar-refractivity contribution >= 4 is 10.3 Å². The summed E-state index contributed by atoms with van der Waals surface area (Å²) in [6.45, 7) is 2.46. The molecule has 0 aliphatic carbocycles. The third kappa shape index (κ3) is 21.6. The molecule has 0 heterocycles. The van der Waals surface area contributed by atoms with Gasteiger partial charge in [-0.1, -0.05) is 76.9 Å². The Bertz CT molecular complexity index is 366. The summed E-state index contributed by atoms with van der Waals surface area (Å²) in [5.74, 6) is 0. The Labute approximate surface area is 144 Å². The van der Waals surface area contributed by atoms with Gasteiger partial charge in [0.1, 0.15) is 0 Å². The highest BCUT2D eigenvalue weighted by Gasteiger charge is 2.00. The van der Waals surface area contributed by atoms with Crippen molar-refractivity contribution in [3.05, 3.63) is 12.2 Å². The van der Waals surface area contributed by atoms with Crippen LogP contribution in [-0.4, -0.2) is 15.0 Å². The first-order valence-electron chi connectivity index (χ1n) is 9.38. The molecule has 0 aliphatic rings. The fourth-order valence-corrected chi connectivity index (χ4v) is 2.87. The van der Waals surface area contributed by atoms with Crippen molar-refractivity contribution in [1.82, 2.24) is 0 Å². The Balaban J connectivity index is 3.13. The van der Waals surface area contributed by atoms with Crippen molar-refractivity contribution in [2.45, 2.75) is 96.8 Å². The average Bonchev–Trinajstić information content (AvgIpc) is 2.49. The molecule has 0 saturated carbocycles. The summed E-state index contributed by atoms with van der Waals surface area (Å²) in [4.78, 5) is 0. The molecule has 0 radical (unpaired) electrons. The van der Waals surface area contributed by atoms with Crippen molar-refractivity contribution < 1.29 is 12.6 Å². The predicted molar refractivity (Wildman–Crippen MR) is 98.5 cm³/mol. The first kappa shape index (κ1) is 22.6. The predicted octanol–water partition coefficient (Wildman–Crippen LogP) is 5.24. The van der Waals surface area contributed by atoms with Crippen molar-refractivity contribution in [2.24, 2.45) is 5.14 Å². The maximum absolute atomic E-state index is 10.5. The number of hydrogen-bond acceptors (Lipinski definition) is 3. The Morgan fingerprint density at radius 2 is 1.17 bits per heavy atom. The quantitative estimate of drug-likeness (QED) is 0.289. The average molecular weight is 348 g/mol. The van der Waals surface area contributed by atoms with Crippen LogP contribution in [0.1, 0.15) is 96.8 Å². The summed E-state index contributed by atoms with van der Waals surface area (Å²) in [7, 11) is -3.75. The normalized spacial score (nSPS) is 12.3. The highest BCUT2D eigenvalue weighted by molar-refractivity contribution is 7.84. The Hall–Kier alpha value is -0.390. The SMILES string of the molecule is CCCCCCCCC=CCCCCCCCCOS(N)(=O)=O. The van der Waals surface area contributed by atoms with E-state index in [0.29, 0.717) is 0 Å². The third-order valence-electron chi connectivity index (χ3n) is 3.90.